The molecule has 2 aromatic carbocycles. The van der Waals surface area contributed by atoms with Crippen LogP contribution in [0.15, 0.2) is 42.5 Å². The van der Waals surface area contributed by atoms with Crippen LogP contribution in [-0.2, 0) is 6.61 Å². The van der Waals surface area contributed by atoms with Crippen molar-refractivity contribution in [2.24, 2.45) is 0 Å². The van der Waals surface area contributed by atoms with Crippen LogP contribution >= 0.6 is 11.6 Å². The number of aromatic nitrogens is 2. The van der Waals surface area contributed by atoms with Crippen LogP contribution < -0.4 is 10.5 Å². The maximum atomic E-state index is 6.19. The topological polar surface area (TPSA) is 61.0 Å². The van der Waals surface area contributed by atoms with Crippen molar-refractivity contribution in [3.63, 3.8) is 0 Å². The van der Waals surface area contributed by atoms with Crippen LogP contribution in [0.25, 0.3) is 10.8 Å². The molecule has 0 unspecified atom stereocenters. The minimum atomic E-state index is 0.261. The lowest BCUT2D eigenvalue weighted by molar-refractivity contribution is 0.299. The fraction of sp³-hybridized carbons (Fsp3) is 0.125. The van der Waals surface area contributed by atoms with Gasteiger partial charge in [-0.2, -0.15) is 0 Å². The molecule has 0 aliphatic carbocycles. The van der Waals surface area contributed by atoms with Crippen molar-refractivity contribution in [2.75, 3.05) is 5.73 Å². The quantitative estimate of drug-likeness (QED) is 0.800. The summed E-state index contributed by atoms with van der Waals surface area (Å²) in [6, 6.07) is 13.2. The van der Waals surface area contributed by atoms with Crippen molar-refractivity contribution < 1.29 is 4.74 Å². The Morgan fingerprint density at radius 1 is 1.10 bits per heavy atom. The van der Waals surface area contributed by atoms with Gasteiger partial charge in [-0.25, -0.2) is 9.97 Å². The van der Waals surface area contributed by atoms with Gasteiger partial charge in [-0.1, -0.05) is 35.9 Å². The second-order valence-corrected chi connectivity index (χ2v) is 5.14. The first kappa shape index (κ1) is 13.6. The average molecular weight is 300 g/mol. The van der Waals surface area contributed by atoms with Gasteiger partial charge in [0.1, 0.15) is 18.2 Å². The van der Waals surface area contributed by atoms with E-state index in [-0.39, 0.29) is 6.61 Å². The molecule has 0 aliphatic rings. The highest BCUT2D eigenvalue weighted by Crippen LogP contribution is 2.31. The monoisotopic (exact) mass is 299 g/mol. The first-order chi connectivity index (χ1) is 10.1. The van der Waals surface area contributed by atoms with E-state index in [1.165, 1.54) is 0 Å². The molecular formula is C16H14ClN3O. The summed E-state index contributed by atoms with van der Waals surface area (Å²) in [5.41, 5.74) is 6.54. The Bertz CT molecular complexity index is 784. The largest absolute Gasteiger partial charge is 0.485 e. The molecule has 0 saturated carbocycles. The van der Waals surface area contributed by atoms with E-state index in [1.807, 2.05) is 43.3 Å². The molecule has 1 aromatic heterocycles. The third kappa shape index (κ3) is 2.90. The fourth-order valence-corrected chi connectivity index (χ4v) is 2.45. The van der Waals surface area contributed by atoms with Crippen LogP contribution in [0, 0.1) is 6.92 Å². The minimum Gasteiger partial charge on any atom is -0.485 e. The standard InChI is InChI=1S/C16H14ClN3O/c1-10-8-15(18)20-16(19-10)9-21-14-7-6-13(17)11-4-2-3-5-12(11)14/h2-8H,9H2,1H3,(H2,18,19,20). The highest BCUT2D eigenvalue weighted by Gasteiger charge is 2.07. The zero-order valence-electron chi connectivity index (χ0n) is 11.5. The van der Waals surface area contributed by atoms with E-state index in [2.05, 4.69) is 9.97 Å². The van der Waals surface area contributed by atoms with Gasteiger partial charge in [0.15, 0.2) is 5.82 Å². The minimum absolute atomic E-state index is 0.261. The summed E-state index contributed by atoms with van der Waals surface area (Å²) in [5.74, 6) is 1.76. The normalized spacial score (nSPS) is 10.8. The summed E-state index contributed by atoms with van der Waals surface area (Å²) in [6.45, 7) is 2.14. The van der Waals surface area contributed by atoms with Crippen LogP contribution in [0.1, 0.15) is 11.5 Å². The Labute approximate surface area is 127 Å². The number of nitrogens with two attached hydrogens (primary N) is 1. The summed E-state index contributed by atoms with van der Waals surface area (Å²) in [7, 11) is 0. The molecule has 21 heavy (non-hydrogen) atoms. The van der Waals surface area contributed by atoms with Gasteiger partial charge in [-0.05, 0) is 19.1 Å². The van der Waals surface area contributed by atoms with Gasteiger partial charge in [-0.15, -0.1) is 0 Å². The van der Waals surface area contributed by atoms with E-state index < -0.39 is 0 Å². The Morgan fingerprint density at radius 2 is 1.86 bits per heavy atom. The summed E-state index contributed by atoms with van der Waals surface area (Å²) in [4.78, 5) is 8.47. The molecule has 0 amide bonds. The molecule has 5 heteroatoms. The van der Waals surface area contributed by atoms with Gasteiger partial charge in [0, 0.05) is 27.6 Å². The molecule has 3 aromatic rings. The summed E-state index contributed by atoms with van der Waals surface area (Å²) in [6.07, 6.45) is 0. The van der Waals surface area contributed by atoms with Crippen LogP contribution in [0.3, 0.4) is 0 Å². The van der Waals surface area contributed by atoms with Crippen molar-refractivity contribution in [3.8, 4) is 5.75 Å². The number of halogens is 1. The number of benzene rings is 2. The highest BCUT2D eigenvalue weighted by molar-refractivity contribution is 6.35. The molecule has 3 rings (SSSR count). The molecule has 0 saturated heterocycles. The lowest BCUT2D eigenvalue weighted by Gasteiger charge is -2.10. The van der Waals surface area contributed by atoms with Crippen LogP contribution in [0.2, 0.25) is 5.02 Å². The van der Waals surface area contributed by atoms with E-state index in [0.29, 0.717) is 16.7 Å². The summed E-state index contributed by atoms with van der Waals surface area (Å²) in [5, 5.41) is 2.63. The molecular weight excluding hydrogens is 286 g/mol. The van der Waals surface area contributed by atoms with Crippen molar-refractivity contribution in [3.05, 3.63) is 59.0 Å². The lowest BCUT2D eigenvalue weighted by Crippen LogP contribution is -2.05. The summed E-state index contributed by atoms with van der Waals surface area (Å²) >= 11 is 6.19. The molecule has 0 atom stereocenters. The third-order valence-corrected chi connectivity index (χ3v) is 3.44. The molecule has 0 bridgehead atoms. The van der Waals surface area contributed by atoms with Gasteiger partial charge in [-0.3, -0.25) is 0 Å². The number of ether oxygens (including phenoxy) is 1. The van der Waals surface area contributed by atoms with Crippen molar-refractivity contribution in [2.45, 2.75) is 13.5 Å². The van der Waals surface area contributed by atoms with E-state index in [1.54, 1.807) is 6.07 Å². The van der Waals surface area contributed by atoms with Crippen LogP contribution in [0.5, 0.6) is 5.75 Å². The molecule has 0 aliphatic heterocycles. The molecule has 0 radical (unpaired) electrons. The maximum absolute atomic E-state index is 6.19. The van der Waals surface area contributed by atoms with E-state index >= 15 is 0 Å². The first-order valence-corrected chi connectivity index (χ1v) is 6.91. The number of anilines is 1. The Morgan fingerprint density at radius 3 is 2.62 bits per heavy atom. The van der Waals surface area contributed by atoms with Crippen molar-refractivity contribution >= 4 is 28.2 Å². The number of hydrogen-bond donors (Lipinski definition) is 1. The second kappa shape index (κ2) is 5.58. The number of rotatable bonds is 3. The predicted octanol–water partition coefficient (Wildman–Crippen LogP) is 3.75. The van der Waals surface area contributed by atoms with Gasteiger partial charge in [0.05, 0.1) is 0 Å². The summed E-state index contributed by atoms with van der Waals surface area (Å²) < 4.78 is 5.83. The van der Waals surface area contributed by atoms with E-state index in [0.717, 1.165) is 22.2 Å². The van der Waals surface area contributed by atoms with Gasteiger partial charge < -0.3 is 10.5 Å². The van der Waals surface area contributed by atoms with E-state index in [9.17, 15) is 0 Å². The molecule has 2 N–H and O–H groups in total. The van der Waals surface area contributed by atoms with Crippen LogP contribution in [0.4, 0.5) is 5.82 Å². The third-order valence-electron chi connectivity index (χ3n) is 3.11. The number of hydrogen-bond acceptors (Lipinski definition) is 4. The molecule has 106 valence electrons. The Kier molecular flexibility index (Phi) is 3.62. The number of nitrogens with zero attached hydrogens (tertiary/aromatic N) is 2. The maximum Gasteiger partial charge on any atom is 0.168 e. The molecule has 0 fully saturated rings. The average Bonchev–Trinajstić information content (AvgIpc) is 2.46. The zero-order valence-corrected chi connectivity index (χ0v) is 12.3. The Balaban J connectivity index is 1.90. The molecule has 0 spiro atoms. The predicted molar refractivity (Wildman–Crippen MR) is 84.5 cm³/mol. The smallest absolute Gasteiger partial charge is 0.168 e. The number of nitrogen functional groups attached to an aromatic ring is 1. The van der Waals surface area contributed by atoms with Gasteiger partial charge in [0.2, 0.25) is 0 Å². The van der Waals surface area contributed by atoms with E-state index in [4.69, 9.17) is 22.1 Å². The Hall–Kier alpha value is -2.33. The molecule has 4 nitrogen and oxygen atoms in total. The molecule has 1 heterocycles. The van der Waals surface area contributed by atoms with Gasteiger partial charge >= 0.3 is 0 Å². The highest BCUT2D eigenvalue weighted by atomic mass is 35.5. The number of fused-ring (bicyclic) bond motifs is 1. The zero-order chi connectivity index (χ0) is 14.8. The van der Waals surface area contributed by atoms with Crippen LogP contribution in [-0.4, -0.2) is 9.97 Å². The number of aryl methyl sites for hydroxylation is 1. The fourth-order valence-electron chi connectivity index (χ4n) is 2.22. The van der Waals surface area contributed by atoms with Crippen molar-refractivity contribution in [1.82, 2.24) is 9.97 Å². The SMILES string of the molecule is Cc1cc(N)nc(COc2ccc(Cl)c3ccccc23)n1. The first-order valence-electron chi connectivity index (χ1n) is 6.53. The van der Waals surface area contributed by atoms with Gasteiger partial charge in [0.25, 0.3) is 0 Å². The second-order valence-electron chi connectivity index (χ2n) is 4.73. The van der Waals surface area contributed by atoms with Crippen molar-refractivity contribution in [1.29, 1.82) is 0 Å². The lowest BCUT2D eigenvalue weighted by atomic mass is 10.1.